The van der Waals surface area contributed by atoms with Gasteiger partial charge in [0.2, 0.25) is 11.4 Å². The van der Waals surface area contributed by atoms with Crippen molar-refractivity contribution in [2.45, 2.75) is 0 Å². The van der Waals surface area contributed by atoms with Gasteiger partial charge in [0.25, 0.3) is 0 Å². The van der Waals surface area contributed by atoms with Crippen LogP contribution in [0.1, 0.15) is 11.1 Å². The zero-order chi connectivity index (χ0) is 36.3. The summed E-state index contributed by atoms with van der Waals surface area (Å²) >= 11 is 0. The van der Waals surface area contributed by atoms with Gasteiger partial charge in [-0.25, -0.2) is 4.90 Å². The van der Waals surface area contributed by atoms with Crippen LogP contribution in [0.25, 0.3) is 66.3 Å². The van der Waals surface area contributed by atoms with E-state index in [1.165, 1.54) is 88.0 Å². The van der Waals surface area contributed by atoms with Crippen LogP contribution in [-0.2, 0) is 0 Å². The standard InChI is InChI=1S/C32H23N.C20H15N/c33-24-20-18-23(19-21-24)31-27-14-6-8-16-29(27)32(30-17-9-7-15-28(30)31)26-13-5-4-12-25(26)22-10-2-1-3-11-22;1-4-10-16(11-5-1)19-20(17-12-6-2-7-13-17)21(19)18-14-8-3-9-15-18/h1-21H,33H2;1-15H/p+1. The number of quaternary nitrogens is 1. The fourth-order valence-electron chi connectivity index (χ4n) is 7.82. The second-order valence-corrected chi connectivity index (χ2v) is 13.6. The summed E-state index contributed by atoms with van der Waals surface area (Å²) in [5.74, 6) is 0. The molecule has 0 fully saturated rings. The Kier molecular flexibility index (Phi) is 8.86. The van der Waals surface area contributed by atoms with E-state index in [2.05, 4.69) is 206 Å². The van der Waals surface area contributed by atoms with Crippen LogP contribution < -0.4 is 10.6 Å². The first-order chi connectivity index (χ1) is 26.8. The monoisotopic (exact) mass is 691 g/mol. The van der Waals surface area contributed by atoms with E-state index in [4.69, 9.17) is 5.73 Å². The second-order valence-electron chi connectivity index (χ2n) is 13.6. The van der Waals surface area contributed by atoms with E-state index < -0.39 is 0 Å². The molecule has 0 radical (unpaired) electrons. The molecule has 0 aromatic heterocycles. The Balaban J connectivity index is 0.000000157. The number of benzene rings is 9. The minimum atomic E-state index is 0.778. The summed E-state index contributed by atoms with van der Waals surface area (Å²) < 4.78 is 0. The molecule has 0 atom stereocenters. The number of anilines is 1. The Hall–Kier alpha value is -7.00. The van der Waals surface area contributed by atoms with E-state index in [-0.39, 0.29) is 0 Å². The van der Waals surface area contributed by atoms with Crippen LogP contribution in [0.5, 0.6) is 0 Å². The molecule has 54 heavy (non-hydrogen) atoms. The van der Waals surface area contributed by atoms with Gasteiger partial charge in [-0.05, 0) is 103 Å². The van der Waals surface area contributed by atoms with Crippen LogP contribution in [0, 0.1) is 0 Å². The first-order valence-electron chi connectivity index (χ1n) is 18.5. The van der Waals surface area contributed by atoms with Gasteiger partial charge < -0.3 is 5.73 Å². The van der Waals surface area contributed by atoms with Gasteiger partial charge in [-0.3, -0.25) is 0 Å². The predicted octanol–water partition coefficient (Wildman–Crippen LogP) is 12.3. The van der Waals surface area contributed by atoms with Crippen molar-refractivity contribution in [3.63, 3.8) is 0 Å². The largest absolute Gasteiger partial charge is 0.399 e. The molecule has 9 aromatic rings. The van der Waals surface area contributed by atoms with Gasteiger partial charge >= 0.3 is 0 Å². The number of hydrogen-bond donors (Lipinski definition) is 2. The molecule has 0 saturated heterocycles. The topological polar surface area (TPSA) is 30.5 Å². The number of fused-ring (bicyclic) bond motifs is 2. The van der Waals surface area contributed by atoms with Crippen molar-refractivity contribution in [2.24, 2.45) is 0 Å². The van der Waals surface area contributed by atoms with E-state index in [0.717, 1.165) is 5.69 Å². The van der Waals surface area contributed by atoms with E-state index >= 15 is 0 Å². The highest BCUT2D eigenvalue weighted by atomic mass is 15.3. The van der Waals surface area contributed by atoms with Crippen molar-refractivity contribution in [1.29, 1.82) is 0 Å². The molecule has 1 aliphatic heterocycles. The molecule has 3 N–H and O–H groups in total. The summed E-state index contributed by atoms with van der Waals surface area (Å²) in [4.78, 5) is 1.38. The normalized spacial score (nSPS) is 12.4. The maximum atomic E-state index is 6.00. The summed E-state index contributed by atoms with van der Waals surface area (Å²) in [6.07, 6.45) is 0. The molecular weight excluding hydrogens is 653 g/mol. The fourth-order valence-corrected chi connectivity index (χ4v) is 7.82. The summed E-state index contributed by atoms with van der Waals surface area (Å²) in [5.41, 5.74) is 20.9. The predicted molar refractivity (Wildman–Crippen MR) is 229 cm³/mol. The lowest BCUT2D eigenvalue weighted by Gasteiger charge is -2.19. The zero-order valence-corrected chi connectivity index (χ0v) is 29.9. The molecule has 0 unspecified atom stereocenters. The minimum absolute atomic E-state index is 0.778. The second kappa shape index (κ2) is 14.6. The molecule has 256 valence electrons. The summed E-state index contributed by atoms with van der Waals surface area (Å²) in [6, 6.07) is 77.1. The lowest BCUT2D eigenvalue weighted by Crippen LogP contribution is -2.88. The molecular formula is C52H39N2+. The highest BCUT2D eigenvalue weighted by Crippen LogP contribution is 2.46. The molecule has 1 heterocycles. The van der Waals surface area contributed by atoms with Crippen LogP contribution >= 0.6 is 0 Å². The van der Waals surface area contributed by atoms with Crippen LogP contribution in [0.2, 0.25) is 0 Å². The number of nitrogens with one attached hydrogen (secondary N) is 1. The first kappa shape index (κ1) is 32.9. The molecule has 0 aliphatic carbocycles. The van der Waals surface area contributed by atoms with E-state index in [1.807, 2.05) is 12.1 Å². The number of hydrogen-bond acceptors (Lipinski definition) is 1. The van der Waals surface area contributed by atoms with Crippen LogP contribution in [0.3, 0.4) is 0 Å². The van der Waals surface area contributed by atoms with Crippen LogP contribution in [0.4, 0.5) is 11.4 Å². The third-order valence-corrected chi connectivity index (χ3v) is 10.3. The van der Waals surface area contributed by atoms with Gasteiger partial charge in [0, 0.05) is 16.8 Å². The molecule has 2 heteroatoms. The van der Waals surface area contributed by atoms with Crippen molar-refractivity contribution in [3.05, 3.63) is 230 Å². The van der Waals surface area contributed by atoms with E-state index in [0.29, 0.717) is 0 Å². The zero-order valence-electron chi connectivity index (χ0n) is 29.9. The maximum Gasteiger partial charge on any atom is 0.211 e. The summed E-state index contributed by atoms with van der Waals surface area (Å²) in [7, 11) is 0. The third-order valence-electron chi connectivity index (χ3n) is 10.3. The molecule has 10 rings (SSSR count). The van der Waals surface area contributed by atoms with E-state index in [9.17, 15) is 0 Å². The van der Waals surface area contributed by atoms with E-state index in [1.54, 1.807) is 0 Å². The Morgan fingerprint density at radius 3 is 1.13 bits per heavy atom. The van der Waals surface area contributed by atoms with Gasteiger partial charge in [-0.2, -0.15) is 0 Å². The van der Waals surface area contributed by atoms with Gasteiger partial charge in [-0.1, -0.05) is 170 Å². The molecule has 0 bridgehead atoms. The van der Waals surface area contributed by atoms with Gasteiger partial charge in [0.05, 0.1) is 0 Å². The lowest BCUT2D eigenvalue weighted by atomic mass is 9.84. The number of para-hydroxylation sites is 1. The van der Waals surface area contributed by atoms with Crippen molar-refractivity contribution in [3.8, 4) is 33.4 Å². The van der Waals surface area contributed by atoms with Crippen molar-refractivity contribution in [2.75, 3.05) is 5.73 Å². The Labute approximate surface area is 316 Å². The molecule has 1 aliphatic rings. The lowest BCUT2D eigenvalue weighted by molar-refractivity contribution is -0.605. The Bertz CT molecular complexity index is 2630. The summed E-state index contributed by atoms with van der Waals surface area (Å²) in [5, 5.41) is 5.01. The molecule has 2 nitrogen and oxygen atoms in total. The minimum Gasteiger partial charge on any atom is -0.399 e. The van der Waals surface area contributed by atoms with Crippen LogP contribution in [0.15, 0.2) is 218 Å². The van der Waals surface area contributed by atoms with Gasteiger partial charge in [0.15, 0.2) is 0 Å². The highest BCUT2D eigenvalue weighted by molar-refractivity contribution is 6.22. The highest BCUT2D eigenvalue weighted by Gasteiger charge is 2.45. The van der Waals surface area contributed by atoms with Crippen molar-refractivity contribution in [1.82, 2.24) is 0 Å². The fraction of sp³-hybridized carbons (Fsp3) is 0. The number of nitrogen functional groups attached to an aromatic ring is 1. The van der Waals surface area contributed by atoms with Gasteiger partial charge in [-0.15, -0.1) is 0 Å². The molecule has 0 amide bonds. The summed E-state index contributed by atoms with van der Waals surface area (Å²) in [6.45, 7) is 0. The average Bonchev–Trinajstić information content (AvgIpc) is 4.01. The number of rotatable bonds is 6. The maximum absolute atomic E-state index is 6.00. The third kappa shape index (κ3) is 6.26. The van der Waals surface area contributed by atoms with Gasteiger partial charge in [0.1, 0.15) is 5.69 Å². The Morgan fingerprint density at radius 1 is 0.278 bits per heavy atom. The molecule has 0 spiro atoms. The smallest absolute Gasteiger partial charge is 0.211 e. The molecule has 9 aromatic carbocycles. The van der Waals surface area contributed by atoms with Crippen molar-refractivity contribution >= 4 is 44.3 Å². The Morgan fingerprint density at radius 2 is 0.648 bits per heavy atom. The van der Waals surface area contributed by atoms with Crippen LogP contribution in [-0.4, -0.2) is 0 Å². The van der Waals surface area contributed by atoms with Crippen molar-refractivity contribution < 1.29 is 4.90 Å². The molecule has 0 saturated carbocycles. The SMILES string of the molecule is Nc1ccc(-c2c3ccccc3c(-c3ccccc3-c3ccccc3)c3ccccc23)cc1.c1ccc(C2=C(c3ccccc3)[NH+]2c2ccccc2)cc1. The average molecular weight is 692 g/mol. The first-order valence-corrected chi connectivity index (χ1v) is 18.5. The number of nitrogens with two attached hydrogens (primary N) is 1. The quantitative estimate of drug-likeness (QED) is 0.132.